The first-order chi connectivity index (χ1) is 12.3. The van der Waals surface area contributed by atoms with Gasteiger partial charge in [-0.3, -0.25) is 0 Å². The molecule has 0 spiro atoms. The van der Waals surface area contributed by atoms with Crippen LogP contribution in [0.4, 0.5) is 0 Å². The Morgan fingerprint density at radius 2 is 2.04 bits per heavy atom. The van der Waals surface area contributed by atoms with Gasteiger partial charge in [0.2, 0.25) is 5.89 Å². The van der Waals surface area contributed by atoms with Gasteiger partial charge in [0.15, 0.2) is 0 Å². The summed E-state index contributed by atoms with van der Waals surface area (Å²) in [4.78, 5) is 0. The Balaban J connectivity index is 1.32. The molecule has 0 unspecified atom stereocenters. The lowest BCUT2D eigenvalue weighted by atomic mass is 10.1. The Bertz CT molecular complexity index is 1050. The largest absolute Gasteiger partial charge is 0.493 e. The normalized spacial score (nSPS) is 13.1. The number of aromatic nitrogens is 2. The maximum atomic E-state index is 5.81. The van der Waals surface area contributed by atoms with E-state index in [2.05, 4.69) is 28.4 Å². The fourth-order valence-corrected chi connectivity index (χ4v) is 3.66. The van der Waals surface area contributed by atoms with Crippen molar-refractivity contribution in [2.45, 2.75) is 17.4 Å². The van der Waals surface area contributed by atoms with Crippen LogP contribution >= 0.6 is 11.8 Å². The van der Waals surface area contributed by atoms with Crippen molar-refractivity contribution < 1.29 is 13.6 Å². The molecule has 0 bridgehead atoms. The highest BCUT2D eigenvalue weighted by Gasteiger charge is 2.15. The van der Waals surface area contributed by atoms with Gasteiger partial charge in [0.25, 0.3) is 5.22 Å². The van der Waals surface area contributed by atoms with Gasteiger partial charge in [-0.25, -0.2) is 0 Å². The van der Waals surface area contributed by atoms with Crippen molar-refractivity contribution in [1.29, 1.82) is 0 Å². The zero-order chi connectivity index (χ0) is 16.6. The Hall–Kier alpha value is -2.73. The Kier molecular flexibility index (Phi) is 3.48. The van der Waals surface area contributed by atoms with E-state index in [0.29, 0.717) is 11.1 Å². The first kappa shape index (κ1) is 14.6. The summed E-state index contributed by atoms with van der Waals surface area (Å²) < 4.78 is 16.7. The van der Waals surface area contributed by atoms with E-state index >= 15 is 0 Å². The first-order valence-electron chi connectivity index (χ1n) is 8.04. The highest BCUT2D eigenvalue weighted by atomic mass is 32.2. The van der Waals surface area contributed by atoms with Gasteiger partial charge in [0, 0.05) is 23.1 Å². The number of nitrogens with zero attached hydrogens (tertiary/aromatic N) is 2. The molecule has 5 nitrogen and oxygen atoms in total. The SMILES string of the molecule is c1cc2cc(CSc3nnc(-c4ccc5c(c4)CCO5)o3)ccc2o1. The lowest BCUT2D eigenvalue weighted by Gasteiger charge is -2.00. The molecule has 6 heteroatoms. The van der Waals surface area contributed by atoms with Crippen LogP contribution in [0.1, 0.15) is 11.1 Å². The van der Waals surface area contributed by atoms with Crippen molar-refractivity contribution in [3.05, 3.63) is 59.9 Å². The van der Waals surface area contributed by atoms with Gasteiger partial charge in [0.05, 0.1) is 12.9 Å². The lowest BCUT2D eigenvalue weighted by Crippen LogP contribution is -1.85. The zero-order valence-corrected chi connectivity index (χ0v) is 14.1. The third-order valence-corrected chi connectivity index (χ3v) is 5.11. The molecule has 0 fully saturated rings. The monoisotopic (exact) mass is 350 g/mol. The maximum Gasteiger partial charge on any atom is 0.277 e. The predicted molar refractivity (Wildman–Crippen MR) is 94.7 cm³/mol. The number of hydrogen-bond donors (Lipinski definition) is 0. The van der Waals surface area contributed by atoms with E-state index in [1.807, 2.05) is 24.3 Å². The van der Waals surface area contributed by atoms with Gasteiger partial charge in [-0.1, -0.05) is 17.8 Å². The molecule has 1 aliphatic rings. The number of rotatable bonds is 4. The number of furan rings is 1. The second-order valence-electron chi connectivity index (χ2n) is 5.88. The average Bonchev–Trinajstić information content (AvgIpc) is 3.38. The van der Waals surface area contributed by atoms with Crippen molar-refractivity contribution in [1.82, 2.24) is 10.2 Å². The molecule has 0 atom stereocenters. The summed E-state index contributed by atoms with van der Waals surface area (Å²) in [6.07, 6.45) is 2.63. The van der Waals surface area contributed by atoms with E-state index in [0.717, 1.165) is 41.1 Å². The van der Waals surface area contributed by atoms with E-state index in [4.69, 9.17) is 13.6 Å². The maximum absolute atomic E-state index is 5.81. The number of thioether (sulfide) groups is 1. The van der Waals surface area contributed by atoms with E-state index in [9.17, 15) is 0 Å². The summed E-state index contributed by atoms with van der Waals surface area (Å²) in [5, 5.41) is 9.99. The van der Waals surface area contributed by atoms with Crippen LogP contribution in [-0.2, 0) is 12.2 Å². The number of fused-ring (bicyclic) bond motifs is 2. The van der Waals surface area contributed by atoms with Crippen LogP contribution in [0.2, 0.25) is 0 Å². The Labute approximate surface area is 148 Å². The second kappa shape index (κ2) is 5.97. The fourth-order valence-electron chi connectivity index (χ4n) is 2.96. The molecule has 0 N–H and O–H groups in total. The quantitative estimate of drug-likeness (QED) is 0.497. The molecular weight excluding hydrogens is 336 g/mol. The molecule has 0 amide bonds. The molecule has 0 aliphatic carbocycles. The molecule has 1 aliphatic heterocycles. The minimum Gasteiger partial charge on any atom is -0.493 e. The molecule has 0 saturated carbocycles. The summed E-state index contributed by atoms with van der Waals surface area (Å²) in [5.74, 6) is 2.26. The number of hydrogen-bond acceptors (Lipinski definition) is 6. The first-order valence-corrected chi connectivity index (χ1v) is 9.02. The Morgan fingerprint density at radius 3 is 3.04 bits per heavy atom. The molecule has 3 heterocycles. The smallest absolute Gasteiger partial charge is 0.277 e. The topological polar surface area (TPSA) is 61.3 Å². The summed E-state index contributed by atoms with van der Waals surface area (Å²) in [6, 6.07) is 14.1. The van der Waals surface area contributed by atoms with Crippen LogP contribution in [0.3, 0.4) is 0 Å². The van der Waals surface area contributed by atoms with Crippen LogP contribution in [0.5, 0.6) is 5.75 Å². The fraction of sp³-hybridized carbons (Fsp3) is 0.158. The van der Waals surface area contributed by atoms with Crippen molar-refractivity contribution in [3.8, 4) is 17.2 Å². The highest BCUT2D eigenvalue weighted by Crippen LogP contribution is 2.31. The van der Waals surface area contributed by atoms with E-state index < -0.39 is 0 Å². The van der Waals surface area contributed by atoms with E-state index in [-0.39, 0.29) is 0 Å². The van der Waals surface area contributed by atoms with Crippen LogP contribution < -0.4 is 4.74 Å². The third kappa shape index (κ3) is 2.78. The second-order valence-corrected chi connectivity index (χ2v) is 6.80. The van der Waals surface area contributed by atoms with Crippen LogP contribution in [0, 0.1) is 0 Å². The molecule has 2 aromatic carbocycles. The molecule has 4 aromatic rings. The van der Waals surface area contributed by atoms with Gasteiger partial charge < -0.3 is 13.6 Å². The van der Waals surface area contributed by atoms with Crippen molar-refractivity contribution in [3.63, 3.8) is 0 Å². The van der Waals surface area contributed by atoms with Gasteiger partial charge in [0.1, 0.15) is 11.3 Å². The minimum atomic E-state index is 0.544. The molecule has 5 rings (SSSR count). The predicted octanol–water partition coefficient (Wildman–Crippen LogP) is 4.71. The van der Waals surface area contributed by atoms with Crippen LogP contribution in [-0.4, -0.2) is 16.8 Å². The molecule has 124 valence electrons. The van der Waals surface area contributed by atoms with Crippen LogP contribution in [0.25, 0.3) is 22.4 Å². The lowest BCUT2D eigenvalue weighted by molar-refractivity contribution is 0.357. The summed E-state index contributed by atoms with van der Waals surface area (Å²) >= 11 is 1.53. The highest BCUT2D eigenvalue weighted by molar-refractivity contribution is 7.98. The summed E-state index contributed by atoms with van der Waals surface area (Å²) in [6.45, 7) is 0.741. The van der Waals surface area contributed by atoms with Gasteiger partial charge in [-0.2, -0.15) is 0 Å². The molecular formula is C19H14N2O3S. The molecule has 25 heavy (non-hydrogen) atoms. The van der Waals surface area contributed by atoms with E-state index in [1.54, 1.807) is 6.26 Å². The number of benzene rings is 2. The van der Waals surface area contributed by atoms with Crippen molar-refractivity contribution in [2.24, 2.45) is 0 Å². The average molecular weight is 350 g/mol. The Morgan fingerprint density at radius 1 is 1.04 bits per heavy atom. The third-order valence-electron chi connectivity index (χ3n) is 4.22. The summed E-state index contributed by atoms with van der Waals surface area (Å²) in [7, 11) is 0. The van der Waals surface area contributed by atoms with Gasteiger partial charge >= 0.3 is 0 Å². The van der Waals surface area contributed by atoms with Crippen molar-refractivity contribution in [2.75, 3.05) is 6.61 Å². The zero-order valence-electron chi connectivity index (χ0n) is 13.3. The summed E-state index contributed by atoms with van der Waals surface area (Å²) in [5.41, 5.74) is 4.21. The number of ether oxygens (including phenoxy) is 1. The van der Waals surface area contributed by atoms with Gasteiger partial charge in [-0.15, -0.1) is 10.2 Å². The molecule has 2 aromatic heterocycles. The van der Waals surface area contributed by atoms with Crippen molar-refractivity contribution >= 4 is 22.7 Å². The van der Waals surface area contributed by atoms with E-state index in [1.165, 1.54) is 22.9 Å². The molecule has 0 radical (unpaired) electrons. The van der Waals surface area contributed by atoms with Crippen LogP contribution in [0.15, 0.2) is 62.8 Å². The molecule has 0 saturated heterocycles. The van der Waals surface area contributed by atoms with Gasteiger partial charge in [-0.05, 0) is 47.5 Å². The standard InChI is InChI=1S/C19H14N2O3S/c1-3-16-13(5-7-22-16)9-12(1)11-25-19-21-20-18(24-19)15-2-4-17-14(10-15)6-8-23-17/h1-5,7,9-10H,6,8,11H2. The minimum absolute atomic E-state index is 0.544.